The molecule has 5 nitrogen and oxygen atoms in total. The van der Waals surface area contributed by atoms with E-state index in [1.165, 1.54) is 5.56 Å². The molecule has 0 amide bonds. The van der Waals surface area contributed by atoms with E-state index in [0.717, 1.165) is 44.9 Å². The minimum Gasteiger partial charge on any atom is -0.478 e. The minimum absolute atomic E-state index is 0.232. The molecule has 0 aliphatic carbocycles. The van der Waals surface area contributed by atoms with Crippen LogP contribution < -0.4 is 0 Å². The van der Waals surface area contributed by atoms with Crippen LogP contribution >= 0.6 is 0 Å². The average molecular weight is 352 g/mol. The van der Waals surface area contributed by atoms with E-state index in [4.69, 9.17) is 4.74 Å². The highest BCUT2D eigenvalue weighted by atomic mass is 16.5. The van der Waals surface area contributed by atoms with E-state index in [1.54, 1.807) is 12.1 Å². The van der Waals surface area contributed by atoms with Crippen LogP contribution in [0.15, 0.2) is 54.6 Å². The molecule has 2 atom stereocenters. The molecule has 26 heavy (non-hydrogen) atoms. The van der Waals surface area contributed by atoms with E-state index in [-0.39, 0.29) is 6.10 Å². The molecule has 5 heteroatoms. The zero-order valence-electron chi connectivity index (χ0n) is 14.8. The summed E-state index contributed by atoms with van der Waals surface area (Å²) in [6.45, 7) is 5.29. The number of carboxylic acid groups (broad SMARTS) is 1. The quantitative estimate of drug-likeness (QED) is 0.896. The van der Waals surface area contributed by atoms with E-state index in [1.807, 2.05) is 18.2 Å². The van der Waals surface area contributed by atoms with E-state index in [2.05, 4.69) is 34.1 Å². The highest BCUT2D eigenvalue weighted by Crippen LogP contribution is 2.26. The monoisotopic (exact) mass is 352 g/mol. The fraction of sp³-hybridized carbons (Fsp3) is 0.381. The smallest absolute Gasteiger partial charge is 0.335 e. The van der Waals surface area contributed by atoms with Crippen molar-refractivity contribution in [3.05, 3.63) is 71.3 Å². The number of nitrogens with zero attached hydrogens (tertiary/aromatic N) is 2. The topological polar surface area (TPSA) is 53.0 Å². The molecule has 2 heterocycles. The number of ether oxygens (including phenoxy) is 1. The highest BCUT2D eigenvalue weighted by molar-refractivity contribution is 5.87. The number of morpholine rings is 1. The first-order chi connectivity index (χ1) is 12.7. The Balaban J connectivity index is 1.42. The van der Waals surface area contributed by atoms with Crippen molar-refractivity contribution < 1.29 is 14.6 Å². The van der Waals surface area contributed by atoms with Crippen molar-refractivity contribution in [1.82, 2.24) is 9.80 Å². The van der Waals surface area contributed by atoms with E-state index < -0.39 is 5.97 Å². The molecule has 0 bridgehead atoms. The third-order valence-electron chi connectivity index (χ3n) is 5.30. The second-order valence-electron chi connectivity index (χ2n) is 7.13. The van der Waals surface area contributed by atoms with Crippen LogP contribution in [0.3, 0.4) is 0 Å². The minimum atomic E-state index is -0.876. The van der Waals surface area contributed by atoms with Crippen molar-refractivity contribution in [3.8, 4) is 0 Å². The molecule has 2 aliphatic rings. The van der Waals surface area contributed by atoms with Gasteiger partial charge in [0.15, 0.2) is 0 Å². The van der Waals surface area contributed by atoms with Crippen LogP contribution in [0.2, 0.25) is 0 Å². The molecule has 2 aliphatic heterocycles. The molecule has 1 N–H and O–H groups in total. The Hall–Kier alpha value is -2.21. The van der Waals surface area contributed by atoms with Crippen molar-refractivity contribution in [2.45, 2.75) is 25.2 Å². The van der Waals surface area contributed by atoms with Crippen molar-refractivity contribution >= 4 is 5.97 Å². The Morgan fingerprint density at radius 2 is 1.85 bits per heavy atom. The van der Waals surface area contributed by atoms with E-state index in [0.29, 0.717) is 11.6 Å². The third-order valence-corrected chi connectivity index (χ3v) is 5.30. The SMILES string of the molecule is O=C(O)c1cccc(CN2C[C@@H]3OCCN(Cc4ccccc4)[C@@H]3C2)c1. The van der Waals surface area contributed by atoms with Gasteiger partial charge in [0.2, 0.25) is 0 Å². The van der Waals surface area contributed by atoms with Gasteiger partial charge in [-0.25, -0.2) is 4.79 Å². The van der Waals surface area contributed by atoms with Crippen LogP contribution in [0.4, 0.5) is 0 Å². The van der Waals surface area contributed by atoms with Gasteiger partial charge in [-0.15, -0.1) is 0 Å². The Kier molecular flexibility index (Phi) is 5.02. The van der Waals surface area contributed by atoms with Gasteiger partial charge in [0.25, 0.3) is 0 Å². The Morgan fingerprint density at radius 1 is 1.04 bits per heavy atom. The van der Waals surface area contributed by atoms with Crippen LogP contribution in [-0.2, 0) is 17.8 Å². The van der Waals surface area contributed by atoms with Crippen LogP contribution in [0.25, 0.3) is 0 Å². The van der Waals surface area contributed by atoms with Gasteiger partial charge in [-0.2, -0.15) is 0 Å². The predicted octanol–water partition coefficient (Wildman–Crippen LogP) is 2.47. The lowest BCUT2D eigenvalue weighted by molar-refractivity contribution is -0.0504. The molecule has 2 fully saturated rings. The van der Waals surface area contributed by atoms with Crippen molar-refractivity contribution in [3.63, 3.8) is 0 Å². The molecular formula is C21H24N2O3. The average Bonchev–Trinajstić information content (AvgIpc) is 3.06. The van der Waals surface area contributed by atoms with Crippen LogP contribution in [0.5, 0.6) is 0 Å². The first-order valence-corrected chi connectivity index (χ1v) is 9.13. The maximum Gasteiger partial charge on any atom is 0.335 e. The normalized spacial score (nSPS) is 23.7. The molecule has 2 aromatic rings. The summed E-state index contributed by atoms with van der Waals surface area (Å²) >= 11 is 0. The van der Waals surface area contributed by atoms with Crippen molar-refractivity contribution in [2.24, 2.45) is 0 Å². The fourth-order valence-electron chi connectivity index (χ4n) is 4.04. The molecule has 4 rings (SSSR count). The summed E-state index contributed by atoms with van der Waals surface area (Å²) in [5, 5.41) is 9.17. The number of benzene rings is 2. The van der Waals surface area contributed by atoms with Crippen LogP contribution in [0, 0.1) is 0 Å². The van der Waals surface area contributed by atoms with Gasteiger partial charge in [-0.05, 0) is 23.3 Å². The third kappa shape index (κ3) is 3.80. The van der Waals surface area contributed by atoms with Crippen molar-refractivity contribution in [2.75, 3.05) is 26.2 Å². The van der Waals surface area contributed by atoms with Gasteiger partial charge in [-0.1, -0.05) is 42.5 Å². The Morgan fingerprint density at radius 3 is 2.65 bits per heavy atom. The number of carboxylic acids is 1. The number of rotatable bonds is 5. The zero-order chi connectivity index (χ0) is 17.9. The number of hydrogen-bond acceptors (Lipinski definition) is 4. The second-order valence-corrected chi connectivity index (χ2v) is 7.13. The molecule has 0 spiro atoms. The first-order valence-electron chi connectivity index (χ1n) is 9.13. The first kappa shape index (κ1) is 17.2. The lowest BCUT2D eigenvalue weighted by Crippen LogP contribution is -2.50. The van der Waals surface area contributed by atoms with Gasteiger partial charge in [0.1, 0.15) is 0 Å². The lowest BCUT2D eigenvalue weighted by atomic mass is 10.1. The lowest BCUT2D eigenvalue weighted by Gasteiger charge is -2.37. The highest BCUT2D eigenvalue weighted by Gasteiger charge is 2.39. The molecule has 0 saturated carbocycles. The number of aromatic carboxylic acids is 1. The summed E-state index contributed by atoms with van der Waals surface area (Å²) in [5.41, 5.74) is 2.72. The molecular weight excluding hydrogens is 328 g/mol. The standard InChI is InChI=1S/C21H24N2O3/c24-21(25)18-8-4-7-17(11-18)12-22-14-19-20(15-22)26-10-9-23(19)13-16-5-2-1-3-6-16/h1-8,11,19-20H,9-10,12-15H2,(H,24,25)/t19-,20+/m1/s1. The van der Waals surface area contributed by atoms with Gasteiger partial charge >= 0.3 is 5.97 Å². The molecule has 2 saturated heterocycles. The molecule has 0 radical (unpaired) electrons. The largest absolute Gasteiger partial charge is 0.478 e. The summed E-state index contributed by atoms with van der Waals surface area (Å²) < 4.78 is 6.02. The van der Waals surface area contributed by atoms with Gasteiger partial charge in [0.05, 0.1) is 24.3 Å². The number of carbonyl (C=O) groups is 1. The summed E-state index contributed by atoms with van der Waals surface area (Å²) in [4.78, 5) is 16.1. The number of fused-ring (bicyclic) bond motifs is 1. The second kappa shape index (κ2) is 7.58. The van der Waals surface area contributed by atoms with E-state index in [9.17, 15) is 9.90 Å². The fourth-order valence-corrected chi connectivity index (χ4v) is 4.04. The maximum atomic E-state index is 11.2. The molecule has 136 valence electrons. The number of hydrogen-bond donors (Lipinski definition) is 1. The Bertz CT molecular complexity index is 765. The summed E-state index contributed by atoms with van der Waals surface area (Å²) in [6, 6.07) is 18.2. The summed E-state index contributed by atoms with van der Waals surface area (Å²) in [7, 11) is 0. The van der Waals surface area contributed by atoms with Crippen LogP contribution in [0.1, 0.15) is 21.5 Å². The maximum absolute atomic E-state index is 11.2. The van der Waals surface area contributed by atoms with Gasteiger partial charge in [0, 0.05) is 32.7 Å². The molecule has 0 unspecified atom stereocenters. The van der Waals surface area contributed by atoms with E-state index >= 15 is 0 Å². The molecule has 0 aromatic heterocycles. The predicted molar refractivity (Wildman–Crippen MR) is 99.1 cm³/mol. The summed E-state index contributed by atoms with van der Waals surface area (Å²) in [5.74, 6) is -0.876. The molecule has 2 aromatic carbocycles. The number of likely N-dealkylation sites (tertiary alicyclic amines) is 1. The van der Waals surface area contributed by atoms with Gasteiger partial charge < -0.3 is 9.84 Å². The summed E-state index contributed by atoms with van der Waals surface area (Å²) in [6.07, 6.45) is 0.232. The van der Waals surface area contributed by atoms with Crippen LogP contribution in [-0.4, -0.2) is 59.3 Å². The zero-order valence-corrected chi connectivity index (χ0v) is 14.8. The Labute approximate surface area is 153 Å². The van der Waals surface area contributed by atoms with Gasteiger partial charge in [-0.3, -0.25) is 9.80 Å². The van der Waals surface area contributed by atoms with Crippen molar-refractivity contribution in [1.29, 1.82) is 0 Å².